The van der Waals surface area contributed by atoms with Crippen LogP contribution in [-0.2, 0) is 9.53 Å². The van der Waals surface area contributed by atoms with Gasteiger partial charge in [-0.2, -0.15) is 0 Å². The third kappa shape index (κ3) is 4.42. The Bertz CT molecular complexity index is 387. The molecule has 0 radical (unpaired) electrons. The normalized spacial score (nSPS) is 14.6. The summed E-state index contributed by atoms with van der Waals surface area (Å²) in [6, 6.07) is 4.16. The zero-order valence-electron chi connectivity index (χ0n) is 11.8. The summed E-state index contributed by atoms with van der Waals surface area (Å²) in [6.45, 7) is 8.39. The van der Waals surface area contributed by atoms with E-state index >= 15 is 0 Å². The molecule has 0 bridgehead atoms. The number of hydrogen-bond donors (Lipinski definition) is 1. The number of esters is 1. The first-order valence-electron chi connectivity index (χ1n) is 6.34. The van der Waals surface area contributed by atoms with E-state index in [0.717, 1.165) is 6.42 Å². The lowest BCUT2D eigenvalue weighted by Gasteiger charge is -2.22. The maximum atomic E-state index is 11.7. The predicted octanol–water partition coefficient (Wildman–Crippen LogP) is 3.29. The van der Waals surface area contributed by atoms with E-state index in [9.17, 15) is 4.79 Å². The van der Waals surface area contributed by atoms with Gasteiger partial charge in [0.05, 0.1) is 7.11 Å². The van der Waals surface area contributed by atoms with E-state index in [2.05, 4.69) is 45.1 Å². The number of nitrogens with one attached hydrogen (secondary N) is 1. The largest absolute Gasteiger partial charge is 0.468 e. The van der Waals surface area contributed by atoms with Gasteiger partial charge >= 0.3 is 5.97 Å². The molecule has 4 heteroatoms. The molecule has 102 valence electrons. The van der Waals surface area contributed by atoms with E-state index in [1.54, 1.807) is 11.3 Å². The van der Waals surface area contributed by atoms with E-state index in [4.69, 9.17) is 4.74 Å². The Labute approximate surface area is 114 Å². The average Bonchev–Trinajstić information content (AvgIpc) is 2.73. The Morgan fingerprint density at radius 1 is 1.39 bits per heavy atom. The molecule has 0 amide bonds. The second-order valence-electron chi connectivity index (χ2n) is 5.04. The number of thiophene rings is 1. The van der Waals surface area contributed by atoms with E-state index in [0.29, 0.717) is 5.92 Å². The Kier molecular flexibility index (Phi) is 5.82. The number of methoxy groups -OCH3 is 1. The summed E-state index contributed by atoms with van der Waals surface area (Å²) in [5.74, 6) is 0.280. The molecule has 1 rings (SSSR count). The molecular weight excluding hydrogens is 246 g/mol. The molecule has 0 saturated heterocycles. The molecule has 1 aromatic heterocycles. The molecule has 3 nitrogen and oxygen atoms in total. The maximum absolute atomic E-state index is 11.7. The van der Waals surface area contributed by atoms with Crippen LogP contribution in [0.15, 0.2) is 12.1 Å². The number of aryl methyl sites for hydroxylation is 1. The molecule has 0 aliphatic carbocycles. The number of hydrogen-bond acceptors (Lipinski definition) is 4. The first kappa shape index (κ1) is 15.2. The maximum Gasteiger partial charge on any atom is 0.322 e. The second-order valence-corrected chi connectivity index (χ2v) is 6.36. The van der Waals surface area contributed by atoms with Crippen LogP contribution < -0.4 is 5.32 Å². The summed E-state index contributed by atoms with van der Waals surface area (Å²) in [5, 5.41) is 3.36. The van der Waals surface area contributed by atoms with E-state index in [1.807, 2.05) is 0 Å². The Balaban J connectivity index is 2.67. The molecule has 0 aromatic carbocycles. The lowest BCUT2D eigenvalue weighted by atomic mass is 10.0. The molecule has 0 saturated carbocycles. The minimum atomic E-state index is -0.229. The molecule has 1 heterocycles. The second kappa shape index (κ2) is 6.90. The number of rotatable bonds is 6. The van der Waals surface area contributed by atoms with Crippen LogP contribution >= 0.6 is 11.3 Å². The summed E-state index contributed by atoms with van der Waals surface area (Å²) >= 11 is 1.76. The van der Waals surface area contributed by atoms with Crippen LogP contribution in [0, 0.1) is 12.8 Å². The number of carbonyl (C=O) groups excluding carboxylic acids is 1. The molecule has 18 heavy (non-hydrogen) atoms. The molecule has 1 N–H and O–H groups in total. The van der Waals surface area contributed by atoms with Gasteiger partial charge in [-0.3, -0.25) is 10.1 Å². The van der Waals surface area contributed by atoms with Crippen molar-refractivity contribution in [3.8, 4) is 0 Å². The van der Waals surface area contributed by atoms with Crippen molar-refractivity contribution in [2.24, 2.45) is 5.92 Å². The quantitative estimate of drug-likeness (QED) is 0.805. The van der Waals surface area contributed by atoms with Gasteiger partial charge in [-0.1, -0.05) is 13.8 Å². The number of carbonyl (C=O) groups is 1. The lowest BCUT2D eigenvalue weighted by molar-refractivity contribution is -0.143. The fraction of sp³-hybridized carbons (Fsp3) is 0.643. The highest BCUT2D eigenvalue weighted by atomic mass is 32.1. The van der Waals surface area contributed by atoms with Crippen LogP contribution in [0.5, 0.6) is 0 Å². The van der Waals surface area contributed by atoms with Gasteiger partial charge in [-0.15, -0.1) is 11.3 Å². The van der Waals surface area contributed by atoms with Gasteiger partial charge < -0.3 is 4.74 Å². The fourth-order valence-corrected chi connectivity index (χ4v) is 2.80. The third-order valence-corrected chi connectivity index (χ3v) is 4.02. The summed E-state index contributed by atoms with van der Waals surface area (Å²) < 4.78 is 4.86. The summed E-state index contributed by atoms with van der Waals surface area (Å²) in [5.41, 5.74) is 0. The van der Waals surface area contributed by atoms with Crippen LogP contribution in [0.3, 0.4) is 0 Å². The van der Waals surface area contributed by atoms with Crippen molar-refractivity contribution in [3.05, 3.63) is 21.9 Å². The third-order valence-electron chi connectivity index (χ3n) is 2.83. The predicted molar refractivity (Wildman–Crippen MR) is 75.9 cm³/mol. The Morgan fingerprint density at radius 3 is 2.50 bits per heavy atom. The summed E-state index contributed by atoms with van der Waals surface area (Å²) in [7, 11) is 1.44. The topological polar surface area (TPSA) is 38.3 Å². The Morgan fingerprint density at radius 2 is 2.06 bits per heavy atom. The highest BCUT2D eigenvalue weighted by Crippen LogP contribution is 2.23. The van der Waals surface area contributed by atoms with Crippen molar-refractivity contribution in [1.82, 2.24) is 5.32 Å². The van der Waals surface area contributed by atoms with Gasteiger partial charge in [0.25, 0.3) is 0 Å². The standard InChI is InChI=1S/C14H23NO2S/c1-9(2)8-12(14(16)17-5)15-11(4)13-7-6-10(3)18-13/h6-7,9,11-12,15H,8H2,1-5H3. The fourth-order valence-electron chi connectivity index (χ4n) is 1.92. The molecular formula is C14H23NO2S. The Hall–Kier alpha value is -0.870. The van der Waals surface area contributed by atoms with Crippen LogP contribution in [0.1, 0.15) is 43.0 Å². The molecule has 2 atom stereocenters. The van der Waals surface area contributed by atoms with E-state index in [1.165, 1.54) is 16.9 Å². The van der Waals surface area contributed by atoms with Crippen LogP contribution in [-0.4, -0.2) is 19.1 Å². The summed E-state index contributed by atoms with van der Waals surface area (Å²) in [4.78, 5) is 14.3. The van der Waals surface area contributed by atoms with Crippen molar-refractivity contribution in [1.29, 1.82) is 0 Å². The number of ether oxygens (including phenoxy) is 1. The minimum Gasteiger partial charge on any atom is -0.468 e. The summed E-state index contributed by atoms with van der Waals surface area (Å²) in [6.07, 6.45) is 0.793. The smallest absolute Gasteiger partial charge is 0.322 e. The SMILES string of the molecule is COC(=O)C(CC(C)C)NC(C)c1ccc(C)s1. The molecule has 0 spiro atoms. The lowest BCUT2D eigenvalue weighted by Crippen LogP contribution is -2.39. The first-order valence-corrected chi connectivity index (χ1v) is 7.16. The molecule has 1 aromatic rings. The van der Waals surface area contributed by atoms with Gasteiger partial charge in [0.2, 0.25) is 0 Å². The van der Waals surface area contributed by atoms with Gasteiger partial charge in [-0.25, -0.2) is 0 Å². The minimum absolute atomic E-state index is 0.173. The van der Waals surface area contributed by atoms with Crippen LogP contribution in [0.25, 0.3) is 0 Å². The highest BCUT2D eigenvalue weighted by Gasteiger charge is 2.23. The van der Waals surface area contributed by atoms with Crippen LogP contribution in [0.4, 0.5) is 0 Å². The van der Waals surface area contributed by atoms with Crippen molar-refractivity contribution in [3.63, 3.8) is 0 Å². The van der Waals surface area contributed by atoms with Gasteiger partial charge in [0, 0.05) is 15.8 Å². The monoisotopic (exact) mass is 269 g/mol. The average molecular weight is 269 g/mol. The molecule has 0 fully saturated rings. The van der Waals surface area contributed by atoms with Crippen molar-refractivity contribution < 1.29 is 9.53 Å². The van der Waals surface area contributed by atoms with E-state index < -0.39 is 0 Å². The highest BCUT2D eigenvalue weighted by molar-refractivity contribution is 7.12. The van der Waals surface area contributed by atoms with E-state index in [-0.39, 0.29) is 18.1 Å². The molecule has 0 aliphatic rings. The van der Waals surface area contributed by atoms with Gasteiger partial charge in [0.15, 0.2) is 0 Å². The zero-order chi connectivity index (χ0) is 13.7. The molecule has 2 unspecified atom stereocenters. The molecule has 0 aliphatic heterocycles. The van der Waals surface area contributed by atoms with Gasteiger partial charge in [0.1, 0.15) is 6.04 Å². The van der Waals surface area contributed by atoms with Crippen LogP contribution in [0.2, 0.25) is 0 Å². The van der Waals surface area contributed by atoms with Crippen molar-refractivity contribution >= 4 is 17.3 Å². The van der Waals surface area contributed by atoms with Crippen molar-refractivity contribution in [2.45, 2.75) is 46.2 Å². The first-order chi connectivity index (χ1) is 8.43. The van der Waals surface area contributed by atoms with Gasteiger partial charge in [-0.05, 0) is 38.3 Å². The van der Waals surface area contributed by atoms with Crippen molar-refractivity contribution in [2.75, 3.05) is 7.11 Å². The zero-order valence-corrected chi connectivity index (χ0v) is 12.6.